The molecule has 4 aromatic carbocycles. The monoisotopic (exact) mass is 396 g/mol. The number of nitriles is 1. The van der Waals surface area contributed by atoms with E-state index < -0.39 is 0 Å². The molecule has 0 aliphatic rings. The highest BCUT2D eigenvalue weighted by atomic mass is 15.0. The number of aromatic nitrogens is 2. The Labute approximate surface area is 178 Å². The Hall–Kier alpha value is -4.54. The van der Waals surface area contributed by atoms with Gasteiger partial charge in [-0.1, -0.05) is 54.6 Å². The lowest BCUT2D eigenvalue weighted by molar-refractivity contribution is 1.01. The Balaban J connectivity index is 1.82. The Morgan fingerprint density at radius 3 is 2.29 bits per heavy atom. The van der Waals surface area contributed by atoms with Crippen LogP contribution in [0, 0.1) is 17.9 Å². The third-order valence-electron chi connectivity index (χ3n) is 6.19. The van der Waals surface area contributed by atoms with Gasteiger partial charge in [0.25, 0.3) is 0 Å². The SMILES string of the molecule is [C-]#[N+]c1cccc2c3cccc(C#N)c3n(-c3ccc4c5ccccc5n(C)c4c3)c12. The second-order valence-electron chi connectivity index (χ2n) is 7.71. The number of benzene rings is 4. The zero-order valence-electron chi connectivity index (χ0n) is 16.8. The van der Waals surface area contributed by atoms with Crippen LogP contribution < -0.4 is 0 Å². The molecule has 0 N–H and O–H groups in total. The Bertz CT molecular complexity index is 1700. The molecular weight excluding hydrogens is 380 g/mol. The lowest BCUT2D eigenvalue weighted by atomic mass is 10.1. The summed E-state index contributed by atoms with van der Waals surface area (Å²) in [7, 11) is 2.07. The molecule has 0 bridgehead atoms. The van der Waals surface area contributed by atoms with Crippen molar-refractivity contribution in [2.75, 3.05) is 0 Å². The number of hydrogen-bond donors (Lipinski definition) is 0. The van der Waals surface area contributed by atoms with Crippen LogP contribution in [0.4, 0.5) is 5.69 Å². The number of fused-ring (bicyclic) bond motifs is 6. The second kappa shape index (κ2) is 6.23. The average molecular weight is 396 g/mol. The molecule has 6 aromatic rings. The maximum Gasteiger partial charge on any atom is 0.211 e. The first kappa shape index (κ1) is 17.3. The van der Waals surface area contributed by atoms with E-state index in [1.165, 1.54) is 16.3 Å². The number of rotatable bonds is 1. The first-order valence-corrected chi connectivity index (χ1v) is 10.0. The van der Waals surface area contributed by atoms with Gasteiger partial charge >= 0.3 is 0 Å². The van der Waals surface area contributed by atoms with Gasteiger partial charge in [-0.25, -0.2) is 4.85 Å². The summed E-state index contributed by atoms with van der Waals surface area (Å²) in [6.45, 7) is 7.74. The predicted octanol–water partition coefficient (Wildman–Crippen LogP) is 6.85. The molecule has 6 rings (SSSR count). The molecule has 0 saturated heterocycles. The van der Waals surface area contributed by atoms with Gasteiger partial charge in [0.05, 0.1) is 28.7 Å². The number of aryl methyl sites for hydroxylation is 1. The molecule has 0 unspecified atom stereocenters. The fourth-order valence-electron chi connectivity index (χ4n) is 4.82. The van der Waals surface area contributed by atoms with Crippen molar-refractivity contribution in [3.63, 3.8) is 0 Å². The van der Waals surface area contributed by atoms with Crippen molar-refractivity contribution in [1.82, 2.24) is 9.13 Å². The standard InChI is InChI=1S/C27H16N4/c1-29-23-11-6-10-22-21-9-5-7-17(16-28)26(21)31(27(22)23)18-13-14-20-19-8-3-4-12-24(19)30(2)25(20)15-18/h3-15H,2H3. The van der Waals surface area contributed by atoms with Crippen LogP contribution in [0.5, 0.6) is 0 Å². The lowest BCUT2D eigenvalue weighted by Gasteiger charge is -2.11. The highest BCUT2D eigenvalue weighted by molar-refractivity contribution is 6.15. The Morgan fingerprint density at radius 2 is 1.48 bits per heavy atom. The third kappa shape index (κ3) is 2.22. The van der Waals surface area contributed by atoms with E-state index >= 15 is 0 Å². The number of hydrogen-bond acceptors (Lipinski definition) is 1. The topological polar surface area (TPSA) is 38.0 Å². The molecular formula is C27H16N4. The Morgan fingerprint density at radius 1 is 0.774 bits per heavy atom. The molecule has 2 aromatic heterocycles. The summed E-state index contributed by atoms with van der Waals surface area (Å²) in [5, 5.41) is 14.2. The molecule has 0 aliphatic heterocycles. The number of nitrogens with zero attached hydrogens (tertiary/aromatic N) is 4. The van der Waals surface area contributed by atoms with Gasteiger partial charge in [-0.3, -0.25) is 0 Å². The zero-order chi connectivity index (χ0) is 21.1. The number of para-hydroxylation sites is 3. The molecule has 0 amide bonds. The molecule has 4 heteroatoms. The van der Waals surface area contributed by atoms with Crippen LogP contribution in [0.1, 0.15) is 5.56 Å². The first-order valence-electron chi connectivity index (χ1n) is 10.0. The van der Waals surface area contributed by atoms with Crippen LogP contribution in [0.2, 0.25) is 0 Å². The van der Waals surface area contributed by atoms with E-state index in [2.05, 4.69) is 69.6 Å². The van der Waals surface area contributed by atoms with Gasteiger partial charge in [0, 0.05) is 34.4 Å². The largest absolute Gasteiger partial charge is 0.344 e. The molecule has 31 heavy (non-hydrogen) atoms. The zero-order valence-corrected chi connectivity index (χ0v) is 16.8. The fraction of sp³-hybridized carbons (Fsp3) is 0.0370. The molecule has 0 atom stereocenters. The van der Waals surface area contributed by atoms with Gasteiger partial charge < -0.3 is 9.13 Å². The van der Waals surface area contributed by atoms with Crippen molar-refractivity contribution >= 4 is 49.3 Å². The summed E-state index contributed by atoms with van der Waals surface area (Å²) in [5.41, 5.74) is 6.09. The van der Waals surface area contributed by atoms with Gasteiger partial charge in [0.1, 0.15) is 6.07 Å². The van der Waals surface area contributed by atoms with Crippen molar-refractivity contribution in [3.05, 3.63) is 95.8 Å². The first-order chi connectivity index (χ1) is 15.2. The lowest BCUT2D eigenvalue weighted by Crippen LogP contribution is -1.97. The average Bonchev–Trinajstić information content (AvgIpc) is 3.31. The van der Waals surface area contributed by atoms with Crippen molar-refractivity contribution in [3.8, 4) is 11.8 Å². The second-order valence-corrected chi connectivity index (χ2v) is 7.71. The van der Waals surface area contributed by atoms with E-state index in [0.29, 0.717) is 11.3 Å². The molecule has 0 saturated carbocycles. The molecule has 4 nitrogen and oxygen atoms in total. The third-order valence-corrected chi connectivity index (χ3v) is 6.19. The van der Waals surface area contributed by atoms with Gasteiger partial charge in [0.2, 0.25) is 5.69 Å². The molecule has 144 valence electrons. The maximum absolute atomic E-state index is 9.84. The molecule has 2 heterocycles. The van der Waals surface area contributed by atoms with Crippen LogP contribution in [0.25, 0.3) is 54.1 Å². The quantitative estimate of drug-likeness (QED) is 0.280. The highest BCUT2D eigenvalue weighted by Gasteiger charge is 2.19. The van der Waals surface area contributed by atoms with E-state index in [1.54, 1.807) is 0 Å². The minimum absolute atomic E-state index is 0.578. The van der Waals surface area contributed by atoms with Gasteiger partial charge in [-0.15, -0.1) is 0 Å². The van der Waals surface area contributed by atoms with Crippen LogP contribution in [-0.4, -0.2) is 9.13 Å². The fourth-order valence-corrected chi connectivity index (χ4v) is 4.82. The van der Waals surface area contributed by atoms with Gasteiger partial charge in [-0.2, -0.15) is 5.26 Å². The highest BCUT2D eigenvalue weighted by Crippen LogP contribution is 2.39. The summed E-state index contributed by atoms with van der Waals surface area (Å²) >= 11 is 0. The summed E-state index contributed by atoms with van der Waals surface area (Å²) in [5.74, 6) is 0. The molecule has 0 aliphatic carbocycles. The molecule has 0 fully saturated rings. The van der Waals surface area contributed by atoms with Gasteiger partial charge in [0.15, 0.2) is 0 Å². The van der Waals surface area contributed by atoms with Crippen LogP contribution in [0.3, 0.4) is 0 Å². The van der Waals surface area contributed by atoms with E-state index in [1.807, 2.05) is 36.4 Å². The summed E-state index contributed by atoms with van der Waals surface area (Å²) in [4.78, 5) is 3.79. The van der Waals surface area contributed by atoms with Crippen molar-refractivity contribution in [1.29, 1.82) is 5.26 Å². The van der Waals surface area contributed by atoms with E-state index in [4.69, 9.17) is 6.57 Å². The van der Waals surface area contributed by atoms with E-state index in [-0.39, 0.29) is 0 Å². The van der Waals surface area contributed by atoms with E-state index in [0.717, 1.165) is 33.0 Å². The minimum atomic E-state index is 0.578. The summed E-state index contributed by atoms with van der Waals surface area (Å²) in [6.07, 6.45) is 0. The normalized spacial score (nSPS) is 11.3. The minimum Gasteiger partial charge on any atom is -0.344 e. The maximum atomic E-state index is 9.84. The van der Waals surface area contributed by atoms with Crippen molar-refractivity contribution < 1.29 is 0 Å². The Kier molecular flexibility index (Phi) is 3.48. The van der Waals surface area contributed by atoms with Crippen LogP contribution in [0.15, 0.2) is 78.9 Å². The van der Waals surface area contributed by atoms with Crippen molar-refractivity contribution in [2.24, 2.45) is 7.05 Å². The smallest absolute Gasteiger partial charge is 0.211 e. The molecule has 0 spiro atoms. The summed E-state index contributed by atoms with van der Waals surface area (Å²) in [6, 6.07) is 28.6. The van der Waals surface area contributed by atoms with Crippen LogP contribution >= 0.6 is 0 Å². The molecule has 0 radical (unpaired) electrons. The predicted molar refractivity (Wildman–Crippen MR) is 126 cm³/mol. The van der Waals surface area contributed by atoms with Crippen LogP contribution in [-0.2, 0) is 7.05 Å². The van der Waals surface area contributed by atoms with Gasteiger partial charge in [-0.05, 0) is 29.7 Å². The van der Waals surface area contributed by atoms with Crippen molar-refractivity contribution in [2.45, 2.75) is 0 Å². The summed E-state index contributed by atoms with van der Waals surface area (Å²) < 4.78 is 4.27. The van der Waals surface area contributed by atoms with E-state index in [9.17, 15) is 5.26 Å².